The number of hydrogen-bond donors (Lipinski definition) is 0. The molecule has 124 valence electrons. The van der Waals surface area contributed by atoms with Crippen LogP contribution >= 0.6 is 0 Å². The SMILES string of the molecule is Cc1ccc(Cn2nc(C)c(/C=N\n3c(C)nnc3C)c2C)cc1. The summed E-state index contributed by atoms with van der Waals surface area (Å²) in [6, 6.07) is 8.54. The lowest BCUT2D eigenvalue weighted by molar-refractivity contribution is 0.659. The van der Waals surface area contributed by atoms with Crippen LogP contribution in [0.15, 0.2) is 29.4 Å². The third-order valence-corrected chi connectivity index (χ3v) is 4.15. The van der Waals surface area contributed by atoms with Crippen LogP contribution < -0.4 is 0 Å². The van der Waals surface area contributed by atoms with Gasteiger partial charge < -0.3 is 0 Å². The molecule has 0 fully saturated rings. The van der Waals surface area contributed by atoms with Crippen molar-refractivity contribution < 1.29 is 0 Å². The largest absolute Gasteiger partial charge is 0.265 e. The summed E-state index contributed by atoms with van der Waals surface area (Å²) in [7, 11) is 0. The van der Waals surface area contributed by atoms with Crippen molar-refractivity contribution in [3.63, 3.8) is 0 Å². The van der Waals surface area contributed by atoms with Crippen LogP contribution in [0.4, 0.5) is 0 Å². The molecule has 0 aliphatic carbocycles. The Bertz CT molecular complexity index is 864. The van der Waals surface area contributed by atoms with E-state index in [1.165, 1.54) is 11.1 Å². The number of nitrogens with zero attached hydrogens (tertiary/aromatic N) is 6. The van der Waals surface area contributed by atoms with Crippen molar-refractivity contribution in [1.29, 1.82) is 0 Å². The molecule has 0 saturated heterocycles. The van der Waals surface area contributed by atoms with E-state index in [1.54, 1.807) is 4.68 Å². The Morgan fingerprint density at radius 1 is 0.958 bits per heavy atom. The van der Waals surface area contributed by atoms with Gasteiger partial charge in [0.05, 0.1) is 18.5 Å². The normalized spacial score (nSPS) is 11.5. The van der Waals surface area contributed by atoms with Crippen molar-refractivity contribution in [1.82, 2.24) is 24.7 Å². The molecule has 0 atom stereocenters. The average molecular weight is 322 g/mol. The van der Waals surface area contributed by atoms with Crippen LogP contribution in [0.2, 0.25) is 0 Å². The maximum atomic E-state index is 4.66. The highest BCUT2D eigenvalue weighted by molar-refractivity contribution is 5.82. The van der Waals surface area contributed by atoms with Crippen molar-refractivity contribution >= 4 is 6.21 Å². The molecule has 2 aromatic heterocycles. The average Bonchev–Trinajstić information content (AvgIpc) is 3.00. The van der Waals surface area contributed by atoms with E-state index in [9.17, 15) is 0 Å². The summed E-state index contributed by atoms with van der Waals surface area (Å²) in [5, 5.41) is 17.2. The zero-order valence-corrected chi connectivity index (χ0v) is 14.8. The van der Waals surface area contributed by atoms with Gasteiger partial charge in [-0.3, -0.25) is 4.68 Å². The summed E-state index contributed by atoms with van der Waals surface area (Å²) in [4.78, 5) is 0. The van der Waals surface area contributed by atoms with Crippen LogP contribution in [-0.4, -0.2) is 30.9 Å². The fourth-order valence-corrected chi connectivity index (χ4v) is 2.66. The Labute approximate surface area is 141 Å². The highest BCUT2D eigenvalue weighted by Gasteiger charge is 2.11. The number of aryl methyl sites for hydroxylation is 4. The molecular weight excluding hydrogens is 300 g/mol. The molecule has 0 saturated carbocycles. The molecule has 0 spiro atoms. The zero-order chi connectivity index (χ0) is 17.3. The number of aromatic nitrogens is 5. The van der Waals surface area contributed by atoms with Gasteiger partial charge in [-0.25, -0.2) is 4.68 Å². The third-order valence-electron chi connectivity index (χ3n) is 4.15. The Morgan fingerprint density at radius 3 is 2.21 bits per heavy atom. The molecule has 3 aromatic rings. The maximum Gasteiger partial charge on any atom is 0.151 e. The first-order valence-electron chi connectivity index (χ1n) is 7.98. The van der Waals surface area contributed by atoms with Gasteiger partial charge >= 0.3 is 0 Å². The summed E-state index contributed by atoms with van der Waals surface area (Å²) < 4.78 is 3.75. The predicted octanol–water partition coefficient (Wildman–Crippen LogP) is 2.95. The molecule has 2 heterocycles. The van der Waals surface area contributed by atoms with E-state index in [0.29, 0.717) is 0 Å². The Balaban J connectivity index is 1.88. The minimum Gasteiger partial charge on any atom is -0.265 e. The Kier molecular flexibility index (Phi) is 4.29. The summed E-state index contributed by atoms with van der Waals surface area (Å²) >= 11 is 0. The van der Waals surface area contributed by atoms with E-state index in [2.05, 4.69) is 58.5 Å². The first-order valence-corrected chi connectivity index (χ1v) is 7.98. The predicted molar refractivity (Wildman–Crippen MR) is 94.5 cm³/mol. The second-order valence-electron chi connectivity index (χ2n) is 6.08. The highest BCUT2D eigenvalue weighted by Crippen LogP contribution is 2.14. The third kappa shape index (κ3) is 3.13. The molecular formula is C18H22N6. The number of benzene rings is 1. The van der Waals surface area contributed by atoms with Crippen molar-refractivity contribution in [3.8, 4) is 0 Å². The lowest BCUT2D eigenvalue weighted by Crippen LogP contribution is -2.04. The molecule has 1 aromatic carbocycles. The van der Waals surface area contributed by atoms with Gasteiger partial charge in [-0.05, 0) is 40.2 Å². The molecule has 0 N–H and O–H groups in total. The quantitative estimate of drug-likeness (QED) is 0.694. The van der Waals surface area contributed by atoms with E-state index in [4.69, 9.17) is 0 Å². The van der Waals surface area contributed by atoms with E-state index < -0.39 is 0 Å². The molecule has 0 aliphatic heterocycles. The van der Waals surface area contributed by atoms with Crippen molar-refractivity contribution in [2.45, 2.75) is 41.2 Å². The van der Waals surface area contributed by atoms with Gasteiger partial charge in [0.1, 0.15) is 0 Å². The first-order chi connectivity index (χ1) is 11.5. The standard InChI is InChI=1S/C18H22N6/c1-12-6-8-17(9-7-12)11-23-14(3)18(13(2)22-23)10-19-24-15(4)20-21-16(24)5/h6-10H,11H2,1-5H3/b19-10-. The van der Waals surface area contributed by atoms with Gasteiger partial charge in [0.25, 0.3) is 0 Å². The van der Waals surface area contributed by atoms with Crippen molar-refractivity contribution in [2.75, 3.05) is 0 Å². The van der Waals surface area contributed by atoms with Crippen molar-refractivity contribution in [2.24, 2.45) is 5.10 Å². The second-order valence-corrected chi connectivity index (χ2v) is 6.08. The summed E-state index contributed by atoms with van der Waals surface area (Å²) in [5.74, 6) is 1.54. The smallest absolute Gasteiger partial charge is 0.151 e. The second kappa shape index (κ2) is 6.39. The van der Waals surface area contributed by atoms with E-state index >= 15 is 0 Å². The van der Waals surface area contributed by atoms with Gasteiger partial charge in [-0.1, -0.05) is 29.8 Å². The lowest BCUT2D eigenvalue weighted by Gasteiger charge is -2.05. The van der Waals surface area contributed by atoms with Crippen molar-refractivity contribution in [3.05, 3.63) is 64.0 Å². The van der Waals surface area contributed by atoms with Crippen LogP contribution in [-0.2, 0) is 6.54 Å². The molecule has 3 rings (SSSR count). The lowest BCUT2D eigenvalue weighted by atomic mass is 10.1. The molecule has 0 aliphatic rings. The minimum atomic E-state index is 0.755. The zero-order valence-electron chi connectivity index (χ0n) is 14.8. The first kappa shape index (κ1) is 16.1. The van der Waals surface area contributed by atoms with E-state index in [0.717, 1.165) is 35.1 Å². The van der Waals surface area contributed by atoms with Crippen LogP contribution in [0.1, 0.15) is 39.7 Å². The fraction of sp³-hybridized carbons (Fsp3) is 0.333. The molecule has 24 heavy (non-hydrogen) atoms. The van der Waals surface area contributed by atoms with Gasteiger partial charge in [0.15, 0.2) is 11.6 Å². The summed E-state index contributed by atoms with van der Waals surface area (Å²) in [6.07, 6.45) is 1.84. The van der Waals surface area contributed by atoms with Gasteiger partial charge in [-0.15, -0.1) is 10.2 Å². The molecule has 6 heteroatoms. The van der Waals surface area contributed by atoms with E-state index in [-0.39, 0.29) is 0 Å². The fourth-order valence-electron chi connectivity index (χ4n) is 2.66. The number of rotatable bonds is 4. The van der Waals surface area contributed by atoms with Gasteiger partial charge in [-0.2, -0.15) is 10.2 Å². The van der Waals surface area contributed by atoms with Crippen LogP contribution in [0.3, 0.4) is 0 Å². The number of hydrogen-bond acceptors (Lipinski definition) is 4. The van der Waals surface area contributed by atoms with Gasteiger partial charge in [0, 0.05) is 11.3 Å². The van der Waals surface area contributed by atoms with Crippen LogP contribution in [0.25, 0.3) is 0 Å². The van der Waals surface area contributed by atoms with E-state index in [1.807, 2.05) is 31.7 Å². The highest BCUT2D eigenvalue weighted by atomic mass is 15.4. The minimum absolute atomic E-state index is 0.755. The Hall–Kier alpha value is -2.76. The molecule has 0 unspecified atom stereocenters. The van der Waals surface area contributed by atoms with Crippen LogP contribution in [0, 0.1) is 34.6 Å². The molecule has 0 bridgehead atoms. The monoisotopic (exact) mass is 322 g/mol. The van der Waals surface area contributed by atoms with Gasteiger partial charge in [0.2, 0.25) is 0 Å². The molecule has 0 amide bonds. The Morgan fingerprint density at radius 2 is 1.58 bits per heavy atom. The topological polar surface area (TPSA) is 60.9 Å². The molecule has 0 radical (unpaired) electrons. The summed E-state index contributed by atoms with van der Waals surface area (Å²) in [5.41, 5.74) is 5.60. The van der Waals surface area contributed by atoms with Crippen LogP contribution in [0.5, 0.6) is 0 Å². The summed E-state index contributed by atoms with van der Waals surface area (Å²) in [6.45, 7) is 10.7. The molecule has 6 nitrogen and oxygen atoms in total. The maximum absolute atomic E-state index is 4.66.